The van der Waals surface area contributed by atoms with Gasteiger partial charge in [0.25, 0.3) is 5.91 Å². The third-order valence-corrected chi connectivity index (χ3v) is 4.24. The molecule has 1 saturated heterocycles. The normalized spacial score (nSPS) is 18.4. The summed E-state index contributed by atoms with van der Waals surface area (Å²) in [6.45, 7) is 3.16. The van der Waals surface area contributed by atoms with E-state index in [0.717, 1.165) is 32.4 Å². The molecule has 1 atom stereocenters. The van der Waals surface area contributed by atoms with Crippen LogP contribution < -0.4 is 5.32 Å². The lowest BCUT2D eigenvalue weighted by molar-refractivity contribution is -0.150. The van der Waals surface area contributed by atoms with E-state index >= 15 is 0 Å². The van der Waals surface area contributed by atoms with E-state index in [1.165, 1.54) is 24.3 Å². The van der Waals surface area contributed by atoms with Gasteiger partial charge in [-0.1, -0.05) is 6.42 Å². The minimum absolute atomic E-state index is 0.0437. The molecule has 6 nitrogen and oxygen atoms in total. The zero-order chi connectivity index (χ0) is 16.2. The van der Waals surface area contributed by atoms with Gasteiger partial charge in [-0.25, -0.2) is 0 Å². The van der Waals surface area contributed by atoms with Crippen molar-refractivity contribution in [3.8, 4) is 5.75 Å². The van der Waals surface area contributed by atoms with Crippen LogP contribution in [-0.4, -0.2) is 52.2 Å². The minimum Gasteiger partial charge on any atom is -0.508 e. The molecule has 3 N–H and O–H groups in total. The molecule has 1 fully saturated rings. The van der Waals surface area contributed by atoms with Crippen LogP contribution in [0.5, 0.6) is 5.75 Å². The molecule has 22 heavy (non-hydrogen) atoms. The van der Waals surface area contributed by atoms with Gasteiger partial charge < -0.3 is 15.5 Å². The van der Waals surface area contributed by atoms with Gasteiger partial charge in [0.05, 0.1) is 0 Å². The minimum atomic E-state index is -1.10. The van der Waals surface area contributed by atoms with Gasteiger partial charge in [0, 0.05) is 12.1 Å². The van der Waals surface area contributed by atoms with Gasteiger partial charge in [-0.2, -0.15) is 0 Å². The van der Waals surface area contributed by atoms with Crippen LogP contribution in [-0.2, 0) is 4.79 Å². The Balaban J connectivity index is 2.03. The molecular weight excluding hydrogens is 284 g/mol. The van der Waals surface area contributed by atoms with Crippen molar-refractivity contribution in [3.63, 3.8) is 0 Å². The summed E-state index contributed by atoms with van der Waals surface area (Å²) in [6.07, 6.45) is 3.08. The number of aliphatic carboxylic acids is 1. The second kappa shape index (κ2) is 6.79. The summed E-state index contributed by atoms with van der Waals surface area (Å²) >= 11 is 0. The van der Waals surface area contributed by atoms with Crippen molar-refractivity contribution in [1.82, 2.24) is 10.2 Å². The molecule has 0 aliphatic carbocycles. The second-order valence-electron chi connectivity index (χ2n) is 5.86. The molecule has 120 valence electrons. The Labute approximate surface area is 129 Å². The van der Waals surface area contributed by atoms with Crippen LogP contribution in [0.1, 0.15) is 36.5 Å². The average molecular weight is 306 g/mol. The number of nitrogens with zero attached hydrogens (tertiary/aromatic N) is 1. The van der Waals surface area contributed by atoms with E-state index in [9.17, 15) is 19.8 Å². The van der Waals surface area contributed by atoms with Crippen LogP contribution in [0.4, 0.5) is 0 Å². The number of nitrogens with one attached hydrogen (secondary N) is 1. The van der Waals surface area contributed by atoms with Crippen LogP contribution in [0.15, 0.2) is 24.3 Å². The summed E-state index contributed by atoms with van der Waals surface area (Å²) < 4.78 is 0. The fraction of sp³-hybridized carbons (Fsp3) is 0.500. The van der Waals surface area contributed by atoms with Gasteiger partial charge in [-0.3, -0.25) is 14.5 Å². The number of rotatable bonds is 5. The summed E-state index contributed by atoms with van der Waals surface area (Å²) in [5.41, 5.74) is -0.711. The Morgan fingerprint density at radius 3 is 2.32 bits per heavy atom. The molecule has 6 heteroatoms. The van der Waals surface area contributed by atoms with Crippen molar-refractivity contribution in [3.05, 3.63) is 29.8 Å². The molecule has 1 amide bonds. The Morgan fingerprint density at radius 1 is 1.18 bits per heavy atom. The van der Waals surface area contributed by atoms with Gasteiger partial charge in [-0.05, 0) is 57.1 Å². The van der Waals surface area contributed by atoms with Gasteiger partial charge in [0.15, 0.2) is 0 Å². The van der Waals surface area contributed by atoms with Gasteiger partial charge in [0.2, 0.25) is 0 Å². The average Bonchev–Trinajstić information content (AvgIpc) is 2.53. The van der Waals surface area contributed by atoms with E-state index in [2.05, 4.69) is 5.32 Å². The number of amides is 1. The predicted octanol–water partition coefficient (Wildman–Crippen LogP) is 1.45. The second-order valence-corrected chi connectivity index (χ2v) is 5.86. The number of phenols is 1. The smallest absolute Gasteiger partial charge is 0.325 e. The largest absolute Gasteiger partial charge is 0.508 e. The van der Waals surface area contributed by atoms with E-state index in [4.69, 9.17) is 0 Å². The fourth-order valence-corrected chi connectivity index (χ4v) is 2.68. The molecule has 2 rings (SSSR count). The maximum atomic E-state index is 12.1. The first-order valence-electron chi connectivity index (χ1n) is 7.49. The van der Waals surface area contributed by atoms with Gasteiger partial charge >= 0.3 is 5.97 Å². The third-order valence-electron chi connectivity index (χ3n) is 4.24. The van der Waals surface area contributed by atoms with Crippen LogP contribution >= 0.6 is 0 Å². The third kappa shape index (κ3) is 3.57. The molecule has 0 saturated carbocycles. The molecule has 0 unspecified atom stereocenters. The SMILES string of the molecule is C[C@](CNC(=O)c1ccc(O)cc1)(C(=O)O)N1CCCCC1. The molecule has 0 radical (unpaired) electrons. The maximum Gasteiger partial charge on any atom is 0.325 e. The lowest BCUT2D eigenvalue weighted by Crippen LogP contribution is -2.60. The molecular formula is C16H22N2O4. The topological polar surface area (TPSA) is 89.9 Å². The first kappa shape index (κ1) is 16.3. The number of carbonyl (C=O) groups excluding carboxylic acids is 1. The number of aromatic hydroxyl groups is 1. The molecule has 1 aromatic carbocycles. The highest BCUT2D eigenvalue weighted by molar-refractivity contribution is 5.94. The van der Waals surface area contributed by atoms with Gasteiger partial charge in [-0.15, -0.1) is 0 Å². The molecule has 1 aromatic rings. The summed E-state index contributed by atoms with van der Waals surface area (Å²) in [4.78, 5) is 25.7. The maximum absolute atomic E-state index is 12.1. The summed E-state index contributed by atoms with van der Waals surface area (Å²) in [6, 6.07) is 5.86. The fourth-order valence-electron chi connectivity index (χ4n) is 2.68. The summed E-state index contributed by atoms with van der Waals surface area (Å²) in [5, 5.41) is 21.5. The van der Waals surface area contributed by atoms with Crippen LogP contribution in [0.3, 0.4) is 0 Å². The molecule has 1 heterocycles. The zero-order valence-electron chi connectivity index (χ0n) is 12.7. The molecule has 0 bridgehead atoms. The quantitative estimate of drug-likeness (QED) is 0.766. The van der Waals surface area contributed by atoms with Crippen molar-refractivity contribution < 1.29 is 19.8 Å². The van der Waals surface area contributed by atoms with Crippen LogP contribution in [0.25, 0.3) is 0 Å². The molecule has 1 aliphatic rings. The zero-order valence-corrected chi connectivity index (χ0v) is 12.7. The Kier molecular flexibility index (Phi) is 5.03. The number of hydrogen-bond donors (Lipinski definition) is 3. The standard InChI is InChI=1S/C16H22N2O4/c1-16(15(21)22,18-9-3-2-4-10-18)11-17-14(20)12-5-7-13(19)8-6-12/h5-8,19H,2-4,9-11H2,1H3,(H,17,20)(H,21,22)/t16-/m0/s1. The Hall–Kier alpha value is -2.08. The first-order chi connectivity index (χ1) is 10.4. The monoisotopic (exact) mass is 306 g/mol. The van der Waals surface area contributed by atoms with E-state index in [1.807, 2.05) is 4.90 Å². The number of likely N-dealkylation sites (tertiary alicyclic amines) is 1. The highest BCUT2D eigenvalue weighted by Gasteiger charge is 2.40. The highest BCUT2D eigenvalue weighted by atomic mass is 16.4. The van der Waals surface area contributed by atoms with Crippen molar-refractivity contribution in [2.75, 3.05) is 19.6 Å². The molecule has 1 aliphatic heterocycles. The van der Waals surface area contributed by atoms with Crippen LogP contribution in [0.2, 0.25) is 0 Å². The molecule has 0 aromatic heterocycles. The van der Waals surface area contributed by atoms with Crippen molar-refractivity contribution in [2.45, 2.75) is 31.7 Å². The number of carboxylic acid groups (broad SMARTS) is 1. The summed E-state index contributed by atoms with van der Waals surface area (Å²) in [5.74, 6) is -1.19. The number of hydrogen-bond acceptors (Lipinski definition) is 4. The van der Waals surface area contributed by atoms with E-state index in [1.54, 1.807) is 6.92 Å². The number of piperidine rings is 1. The molecule has 0 spiro atoms. The highest BCUT2D eigenvalue weighted by Crippen LogP contribution is 2.21. The summed E-state index contributed by atoms with van der Waals surface area (Å²) in [7, 11) is 0. The van der Waals surface area contributed by atoms with Gasteiger partial charge in [0.1, 0.15) is 11.3 Å². The Bertz CT molecular complexity index is 538. The lowest BCUT2D eigenvalue weighted by atomic mass is 9.96. The lowest BCUT2D eigenvalue weighted by Gasteiger charge is -2.40. The van der Waals surface area contributed by atoms with Crippen LogP contribution in [0, 0.1) is 0 Å². The van der Waals surface area contributed by atoms with E-state index < -0.39 is 11.5 Å². The Morgan fingerprint density at radius 2 is 1.77 bits per heavy atom. The van der Waals surface area contributed by atoms with E-state index in [-0.39, 0.29) is 18.2 Å². The number of carboxylic acids is 1. The van der Waals surface area contributed by atoms with E-state index in [0.29, 0.717) is 5.56 Å². The number of phenolic OH excluding ortho intramolecular Hbond substituents is 1. The number of benzene rings is 1. The number of carbonyl (C=O) groups is 2. The van der Waals surface area contributed by atoms with Crippen molar-refractivity contribution in [2.24, 2.45) is 0 Å². The predicted molar refractivity (Wildman–Crippen MR) is 81.9 cm³/mol. The van der Waals surface area contributed by atoms with Crippen molar-refractivity contribution in [1.29, 1.82) is 0 Å². The van der Waals surface area contributed by atoms with Crippen molar-refractivity contribution >= 4 is 11.9 Å². The first-order valence-corrected chi connectivity index (χ1v) is 7.49.